The lowest BCUT2D eigenvalue weighted by Gasteiger charge is -2.36. The van der Waals surface area contributed by atoms with Crippen LogP contribution in [0.2, 0.25) is 0 Å². The van der Waals surface area contributed by atoms with E-state index in [9.17, 15) is 10.1 Å². The molecule has 3 aromatic rings. The number of benzene rings is 2. The Hall–Kier alpha value is -2.86. The van der Waals surface area contributed by atoms with E-state index in [4.69, 9.17) is 0 Å². The van der Waals surface area contributed by atoms with E-state index < -0.39 is 0 Å². The SMILES string of the molecule is O=[N+]([O-])c1ccc2[nH]cc(CCCCN3CCN(c4ccccc4)CC3)c2c1. The number of H-pyrrole nitrogens is 1. The number of hydrogen-bond acceptors (Lipinski definition) is 4. The number of non-ortho nitro benzene ring substituents is 1. The maximum Gasteiger partial charge on any atom is 0.270 e. The van der Waals surface area contributed by atoms with Crippen molar-refractivity contribution in [3.63, 3.8) is 0 Å². The number of aromatic nitrogens is 1. The number of para-hydroxylation sites is 1. The van der Waals surface area contributed by atoms with Gasteiger partial charge in [-0.25, -0.2) is 0 Å². The summed E-state index contributed by atoms with van der Waals surface area (Å²) >= 11 is 0. The summed E-state index contributed by atoms with van der Waals surface area (Å²) in [4.78, 5) is 18.9. The topological polar surface area (TPSA) is 65.4 Å². The normalized spacial score (nSPS) is 15.2. The molecule has 0 aliphatic carbocycles. The molecule has 6 nitrogen and oxygen atoms in total. The monoisotopic (exact) mass is 378 g/mol. The number of rotatable bonds is 7. The van der Waals surface area contributed by atoms with E-state index in [0.29, 0.717) is 0 Å². The highest BCUT2D eigenvalue weighted by Gasteiger charge is 2.16. The summed E-state index contributed by atoms with van der Waals surface area (Å²) in [5.41, 5.74) is 3.62. The van der Waals surface area contributed by atoms with Crippen LogP contribution in [-0.4, -0.2) is 47.5 Å². The van der Waals surface area contributed by atoms with Crippen LogP contribution in [0, 0.1) is 10.1 Å². The fourth-order valence-corrected chi connectivity index (χ4v) is 4.01. The van der Waals surface area contributed by atoms with Crippen LogP contribution in [0.4, 0.5) is 11.4 Å². The van der Waals surface area contributed by atoms with Crippen LogP contribution in [0.25, 0.3) is 10.9 Å². The van der Waals surface area contributed by atoms with Crippen molar-refractivity contribution in [1.82, 2.24) is 9.88 Å². The summed E-state index contributed by atoms with van der Waals surface area (Å²) in [5, 5.41) is 12.0. The Balaban J connectivity index is 1.24. The third-order valence-electron chi connectivity index (χ3n) is 5.63. The Morgan fingerprint density at radius 1 is 1.00 bits per heavy atom. The zero-order valence-corrected chi connectivity index (χ0v) is 16.0. The van der Waals surface area contributed by atoms with Gasteiger partial charge in [-0.05, 0) is 49.6 Å². The zero-order valence-electron chi connectivity index (χ0n) is 16.0. The molecular weight excluding hydrogens is 352 g/mol. The fourth-order valence-electron chi connectivity index (χ4n) is 4.01. The Morgan fingerprint density at radius 2 is 1.79 bits per heavy atom. The fraction of sp³-hybridized carbons (Fsp3) is 0.364. The highest BCUT2D eigenvalue weighted by Crippen LogP contribution is 2.25. The van der Waals surface area contributed by atoms with Crippen molar-refractivity contribution >= 4 is 22.3 Å². The van der Waals surface area contributed by atoms with Gasteiger partial charge in [0.1, 0.15) is 0 Å². The molecule has 0 atom stereocenters. The van der Waals surface area contributed by atoms with Crippen LogP contribution in [0.5, 0.6) is 0 Å². The number of nitro groups is 1. The molecule has 2 aromatic carbocycles. The summed E-state index contributed by atoms with van der Waals surface area (Å²) in [6, 6.07) is 15.7. The molecule has 0 bridgehead atoms. The van der Waals surface area contributed by atoms with Crippen molar-refractivity contribution in [3.8, 4) is 0 Å². The Kier molecular flexibility index (Phi) is 5.58. The van der Waals surface area contributed by atoms with Crippen LogP contribution < -0.4 is 4.90 Å². The molecule has 6 heteroatoms. The van der Waals surface area contributed by atoms with Crippen LogP contribution in [0.1, 0.15) is 18.4 Å². The minimum absolute atomic E-state index is 0.157. The van der Waals surface area contributed by atoms with Gasteiger partial charge in [-0.1, -0.05) is 18.2 Å². The van der Waals surface area contributed by atoms with E-state index in [0.717, 1.165) is 62.9 Å². The van der Waals surface area contributed by atoms with Crippen molar-refractivity contribution in [2.75, 3.05) is 37.6 Å². The van der Waals surface area contributed by atoms with Gasteiger partial charge < -0.3 is 9.88 Å². The Labute approximate surface area is 164 Å². The summed E-state index contributed by atoms with van der Waals surface area (Å²) < 4.78 is 0. The molecule has 1 aliphatic rings. The summed E-state index contributed by atoms with van der Waals surface area (Å²) in [6.07, 6.45) is 5.18. The van der Waals surface area contributed by atoms with E-state index in [1.54, 1.807) is 18.2 Å². The summed E-state index contributed by atoms with van der Waals surface area (Å²) in [7, 11) is 0. The van der Waals surface area contributed by atoms with Gasteiger partial charge in [0, 0.05) is 61.1 Å². The highest BCUT2D eigenvalue weighted by atomic mass is 16.6. The molecule has 0 saturated carbocycles. The van der Waals surface area contributed by atoms with Gasteiger partial charge in [-0.3, -0.25) is 15.0 Å². The second kappa shape index (κ2) is 8.44. The molecule has 1 aliphatic heterocycles. The quantitative estimate of drug-likeness (QED) is 0.380. The van der Waals surface area contributed by atoms with Crippen LogP contribution >= 0.6 is 0 Å². The summed E-state index contributed by atoms with van der Waals surface area (Å²) in [5.74, 6) is 0. The third-order valence-corrected chi connectivity index (χ3v) is 5.63. The van der Waals surface area contributed by atoms with Crippen molar-refractivity contribution in [2.24, 2.45) is 0 Å². The molecule has 0 radical (unpaired) electrons. The molecule has 0 amide bonds. The van der Waals surface area contributed by atoms with E-state index in [-0.39, 0.29) is 10.6 Å². The maximum absolute atomic E-state index is 11.0. The molecule has 4 rings (SSSR count). The number of nitrogens with one attached hydrogen (secondary N) is 1. The lowest BCUT2D eigenvalue weighted by molar-refractivity contribution is -0.384. The van der Waals surface area contributed by atoms with Gasteiger partial charge in [-0.15, -0.1) is 0 Å². The number of fused-ring (bicyclic) bond motifs is 1. The predicted molar refractivity (Wildman–Crippen MR) is 113 cm³/mol. The average Bonchev–Trinajstić information content (AvgIpc) is 3.14. The van der Waals surface area contributed by atoms with Crippen LogP contribution in [-0.2, 0) is 6.42 Å². The molecule has 2 heterocycles. The third kappa shape index (κ3) is 4.17. The molecule has 146 valence electrons. The number of anilines is 1. The van der Waals surface area contributed by atoms with Gasteiger partial charge in [0.2, 0.25) is 0 Å². The van der Waals surface area contributed by atoms with E-state index >= 15 is 0 Å². The van der Waals surface area contributed by atoms with Crippen molar-refractivity contribution < 1.29 is 4.92 Å². The summed E-state index contributed by atoms with van der Waals surface area (Å²) in [6.45, 7) is 5.49. The number of aryl methyl sites for hydroxylation is 1. The molecule has 1 fully saturated rings. The van der Waals surface area contributed by atoms with E-state index in [1.165, 1.54) is 11.3 Å². The van der Waals surface area contributed by atoms with Gasteiger partial charge in [-0.2, -0.15) is 0 Å². The zero-order chi connectivity index (χ0) is 19.3. The molecule has 1 saturated heterocycles. The number of aromatic amines is 1. The first kappa shape index (κ1) is 18.5. The van der Waals surface area contributed by atoms with E-state index in [1.807, 2.05) is 6.20 Å². The van der Waals surface area contributed by atoms with Crippen LogP contribution in [0.3, 0.4) is 0 Å². The molecule has 0 unspecified atom stereocenters. The number of piperazine rings is 1. The standard InChI is InChI=1S/C22H26N4O2/c27-26(28)20-9-10-22-21(16-20)18(17-23-22)6-4-5-11-24-12-14-25(15-13-24)19-7-2-1-3-8-19/h1-3,7-10,16-17,23H,4-6,11-15H2. The maximum atomic E-state index is 11.0. The number of nitro benzene ring substituents is 1. The van der Waals surface area contributed by atoms with Crippen molar-refractivity contribution in [2.45, 2.75) is 19.3 Å². The van der Waals surface area contributed by atoms with Crippen molar-refractivity contribution in [1.29, 1.82) is 0 Å². The first-order chi connectivity index (χ1) is 13.7. The second-order valence-electron chi connectivity index (χ2n) is 7.42. The van der Waals surface area contributed by atoms with Gasteiger partial charge >= 0.3 is 0 Å². The smallest absolute Gasteiger partial charge is 0.270 e. The Bertz CT molecular complexity index is 930. The van der Waals surface area contributed by atoms with Gasteiger partial charge in [0.15, 0.2) is 0 Å². The predicted octanol–water partition coefficient (Wildman–Crippen LogP) is 4.22. The first-order valence-electron chi connectivity index (χ1n) is 9.97. The minimum atomic E-state index is -0.328. The number of nitrogens with zero attached hydrogens (tertiary/aromatic N) is 3. The van der Waals surface area contributed by atoms with E-state index in [2.05, 4.69) is 45.1 Å². The number of unbranched alkanes of at least 4 members (excludes halogenated alkanes) is 1. The second-order valence-corrected chi connectivity index (χ2v) is 7.42. The molecule has 28 heavy (non-hydrogen) atoms. The van der Waals surface area contributed by atoms with Gasteiger partial charge in [0.05, 0.1) is 4.92 Å². The molecule has 1 N–H and O–H groups in total. The first-order valence-corrected chi connectivity index (χ1v) is 9.97. The largest absolute Gasteiger partial charge is 0.369 e. The van der Waals surface area contributed by atoms with Gasteiger partial charge in [0.25, 0.3) is 5.69 Å². The Morgan fingerprint density at radius 3 is 2.54 bits per heavy atom. The van der Waals surface area contributed by atoms with Crippen molar-refractivity contribution in [3.05, 3.63) is 70.4 Å². The average molecular weight is 378 g/mol. The highest BCUT2D eigenvalue weighted by molar-refractivity contribution is 5.85. The lowest BCUT2D eigenvalue weighted by atomic mass is 10.1. The minimum Gasteiger partial charge on any atom is -0.369 e. The lowest BCUT2D eigenvalue weighted by Crippen LogP contribution is -2.46. The number of hydrogen-bond donors (Lipinski definition) is 1. The molecule has 0 spiro atoms. The van der Waals surface area contributed by atoms with Crippen LogP contribution in [0.15, 0.2) is 54.7 Å². The molecular formula is C22H26N4O2. The molecule has 1 aromatic heterocycles.